The second kappa shape index (κ2) is 43.1. The van der Waals surface area contributed by atoms with Gasteiger partial charge < -0.3 is 14.2 Å². The molecular formula is C48H84O6. The highest BCUT2D eigenvalue weighted by Crippen LogP contribution is 2.15. The Morgan fingerprint density at radius 1 is 0.389 bits per heavy atom. The number of carbonyl (C=O) groups excluding carboxylic acids is 3. The zero-order chi connectivity index (χ0) is 39.4. The average Bonchev–Trinajstić information content (AvgIpc) is 3.17. The second-order valence-electron chi connectivity index (χ2n) is 14.9. The van der Waals surface area contributed by atoms with Crippen LogP contribution in [-0.4, -0.2) is 37.2 Å². The summed E-state index contributed by atoms with van der Waals surface area (Å²) in [7, 11) is 0. The van der Waals surface area contributed by atoms with Crippen molar-refractivity contribution in [2.24, 2.45) is 0 Å². The van der Waals surface area contributed by atoms with Crippen molar-refractivity contribution in [2.45, 2.75) is 226 Å². The molecule has 0 aliphatic heterocycles. The molecule has 312 valence electrons. The normalized spacial score (nSPS) is 12.4. The topological polar surface area (TPSA) is 78.9 Å². The molecule has 0 fully saturated rings. The molecule has 0 spiro atoms. The Kier molecular flexibility index (Phi) is 41.0. The molecule has 1 unspecified atom stereocenters. The molecule has 6 heteroatoms. The molecule has 0 aliphatic carbocycles. The van der Waals surface area contributed by atoms with Gasteiger partial charge in [0.2, 0.25) is 0 Å². The van der Waals surface area contributed by atoms with Crippen LogP contribution in [0.5, 0.6) is 0 Å². The summed E-state index contributed by atoms with van der Waals surface area (Å²) in [6.45, 7) is 6.44. The fourth-order valence-corrected chi connectivity index (χ4v) is 6.22. The third kappa shape index (κ3) is 40.6. The highest BCUT2D eigenvalue weighted by molar-refractivity contribution is 5.71. The van der Waals surface area contributed by atoms with Crippen LogP contribution < -0.4 is 0 Å². The summed E-state index contributed by atoms with van der Waals surface area (Å²) in [5.74, 6) is -0.977. The van der Waals surface area contributed by atoms with E-state index in [0.717, 1.165) is 64.2 Å². The lowest BCUT2D eigenvalue weighted by molar-refractivity contribution is -0.166. The summed E-state index contributed by atoms with van der Waals surface area (Å²) in [4.78, 5) is 37.7. The number of unbranched alkanes of at least 4 members (excludes halogenated alkanes) is 21. The van der Waals surface area contributed by atoms with Crippen molar-refractivity contribution in [2.75, 3.05) is 13.2 Å². The van der Waals surface area contributed by atoms with Crippen LogP contribution in [0.15, 0.2) is 48.6 Å². The fourth-order valence-electron chi connectivity index (χ4n) is 6.22. The third-order valence-corrected chi connectivity index (χ3v) is 9.61. The van der Waals surface area contributed by atoms with E-state index in [0.29, 0.717) is 19.3 Å². The van der Waals surface area contributed by atoms with E-state index >= 15 is 0 Å². The molecule has 0 saturated heterocycles. The maximum absolute atomic E-state index is 12.7. The van der Waals surface area contributed by atoms with Crippen molar-refractivity contribution in [3.63, 3.8) is 0 Å². The first-order valence-electron chi connectivity index (χ1n) is 22.6. The van der Waals surface area contributed by atoms with E-state index in [1.165, 1.54) is 109 Å². The van der Waals surface area contributed by atoms with E-state index in [4.69, 9.17) is 14.2 Å². The summed E-state index contributed by atoms with van der Waals surface area (Å²) in [6, 6.07) is 0. The molecule has 0 rings (SSSR count). The van der Waals surface area contributed by atoms with Gasteiger partial charge in [0.15, 0.2) is 6.10 Å². The number of carbonyl (C=O) groups is 3. The van der Waals surface area contributed by atoms with Crippen molar-refractivity contribution < 1.29 is 28.6 Å². The zero-order valence-electron chi connectivity index (χ0n) is 35.5. The fraction of sp³-hybridized carbons (Fsp3) is 0.771. The molecule has 6 nitrogen and oxygen atoms in total. The third-order valence-electron chi connectivity index (χ3n) is 9.61. The van der Waals surface area contributed by atoms with Crippen LogP contribution in [0, 0.1) is 0 Å². The standard InChI is InChI=1S/C48H84O6/c1-4-7-10-13-16-19-22-24-27-29-32-35-38-41-47(50)53-44-45(43-52-46(49)40-37-34-31-28-25-21-18-15-12-9-6-3)54-48(51)42-39-36-33-30-26-23-20-17-14-11-8-5-2/h7,10,16,19,24,27,32,35,45H,4-6,8-9,11-15,17-18,20-23,25-26,28-31,33-34,36-44H2,1-3H3/b10-7-,19-16-,27-24-,35-32-. The van der Waals surface area contributed by atoms with E-state index in [9.17, 15) is 14.4 Å². The van der Waals surface area contributed by atoms with Gasteiger partial charge in [0.1, 0.15) is 13.2 Å². The van der Waals surface area contributed by atoms with Crippen LogP contribution in [0.4, 0.5) is 0 Å². The first-order valence-corrected chi connectivity index (χ1v) is 22.6. The van der Waals surface area contributed by atoms with Gasteiger partial charge in [0, 0.05) is 19.3 Å². The van der Waals surface area contributed by atoms with Gasteiger partial charge in [-0.3, -0.25) is 14.4 Å². The van der Waals surface area contributed by atoms with Crippen LogP contribution in [0.2, 0.25) is 0 Å². The quantitative estimate of drug-likeness (QED) is 0.0268. The molecule has 1 atom stereocenters. The Hall–Kier alpha value is -2.63. The van der Waals surface area contributed by atoms with Crippen LogP contribution in [0.25, 0.3) is 0 Å². The van der Waals surface area contributed by atoms with Crippen LogP contribution >= 0.6 is 0 Å². The monoisotopic (exact) mass is 757 g/mol. The molecule has 0 aromatic heterocycles. The number of allylic oxidation sites excluding steroid dienone is 8. The maximum Gasteiger partial charge on any atom is 0.306 e. The zero-order valence-corrected chi connectivity index (χ0v) is 35.5. The Bertz CT molecular complexity index is 964. The van der Waals surface area contributed by atoms with Crippen molar-refractivity contribution >= 4 is 17.9 Å². The minimum atomic E-state index is -0.794. The summed E-state index contributed by atoms with van der Waals surface area (Å²) in [6.07, 6.45) is 49.6. The van der Waals surface area contributed by atoms with Crippen molar-refractivity contribution in [1.82, 2.24) is 0 Å². The van der Waals surface area contributed by atoms with Crippen molar-refractivity contribution in [1.29, 1.82) is 0 Å². The Balaban J connectivity index is 4.46. The van der Waals surface area contributed by atoms with E-state index in [1.807, 2.05) is 12.2 Å². The van der Waals surface area contributed by atoms with Gasteiger partial charge in [0.05, 0.1) is 0 Å². The SMILES string of the molecule is CC/C=C\C/C=C\C/C=C\C/C=C\CCC(=O)OCC(COC(=O)CCCCCCCCCCCCC)OC(=O)CCCCCCCCCCCCCC. The van der Waals surface area contributed by atoms with Gasteiger partial charge in [-0.1, -0.05) is 204 Å². The maximum atomic E-state index is 12.7. The number of hydrogen-bond donors (Lipinski definition) is 0. The largest absolute Gasteiger partial charge is 0.462 e. The van der Waals surface area contributed by atoms with Crippen LogP contribution in [0.3, 0.4) is 0 Å². The van der Waals surface area contributed by atoms with E-state index < -0.39 is 6.10 Å². The molecular weight excluding hydrogens is 673 g/mol. The average molecular weight is 757 g/mol. The van der Waals surface area contributed by atoms with Crippen LogP contribution in [0.1, 0.15) is 220 Å². The highest BCUT2D eigenvalue weighted by Gasteiger charge is 2.19. The van der Waals surface area contributed by atoms with Gasteiger partial charge in [-0.2, -0.15) is 0 Å². The molecule has 0 radical (unpaired) electrons. The van der Waals surface area contributed by atoms with Gasteiger partial charge in [-0.15, -0.1) is 0 Å². The van der Waals surface area contributed by atoms with Gasteiger partial charge in [-0.25, -0.2) is 0 Å². The lowest BCUT2D eigenvalue weighted by Gasteiger charge is -2.18. The molecule has 0 N–H and O–H groups in total. The summed E-state index contributed by atoms with van der Waals surface area (Å²) in [5.41, 5.74) is 0. The van der Waals surface area contributed by atoms with Gasteiger partial charge in [0.25, 0.3) is 0 Å². The minimum Gasteiger partial charge on any atom is -0.462 e. The predicted octanol–water partition coefficient (Wildman–Crippen LogP) is 14.4. The summed E-state index contributed by atoms with van der Waals surface area (Å²) >= 11 is 0. The second-order valence-corrected chi connectivity index (χ2v) is 14.9. The Labute approximate surface area is 333 Å². The Morgan fingerprint density at radius 2 is 0.722 bits per heavy atom. The van der Waals surface area contributed by atoms with E-state index in [-0.39, 0.29) is 37.5 Å². The van der Waals surface area contributed by atoms with Crippen molar-refractivity contribution in [3.8, 4) is 0 Å². The van der Waals surface area contributed by atoms with Gasteiger partial charge in [-0.05, 0) is 44.9 Å². The van der Waals surface area contributed by atoms with Gasteiger partial charge >= 0.3 is 17.9 Å². The molecule has 0 amide bonds. The number of hydrogen-bond acceptors (Lipinski definition) is 6. The lowest BCUT2D eigenvalue weighted by Crippen LogP contribution is -2.30. The summed E-state index contributed by atoms with van der Waals surface area (Å²) in [5, 5.41) is 0. The molecule has 0 aromatic carbocycles. The van der Waals surface area contributed by atoms with Crippen LogP contribution in [-0.2, 0) is 28.6 Å². The smallest absolute Gasteiger partial charge is 0.306 e. The first kappa shape index (κ1) is 51.4. The Morgan fingerprint density at radius 3 is 1.13 bits per heavy atom. The molecule has 0 bridgehead atoms. The van der Waals surface area contributed by atoms with Crippen molar-refractivity contribution in [3.05, 3.63) is 48.6 Å². The molecule has 0 saturated carbocycles. The first-order chi connectivity index (χ1) is 26.5. The minimum absolute atomic E-state index is 0.0921. The molecule has 54 heavy (non-hydrogen) atoms. The highest BCUT2D eigenvalue weighted by atomic mass is 16.6. The molecule has 0 aromatic rings. The lowest BCUT2D eigenvalue weighted by atomic mass is 10.0. The number of esters is 3. The number of rotatable bonds is 40. The summed E-state index contributed by atoms with van der Waals surface area (Å²) < 4.78 is 16.6. The predicted molar refractivity (Wildman–Crippen MR) is 229 cm³/mol. The molecule has 0 heterocycles. The van der Waals surface area contributed by atoms with E-state index in [2.05, 4.69) is 57.2 Å². The number of ether oxygens (including phenoxy) is 3. The van der Waals surface area contributed by atoms with E-state index in [1.54, 1.807) is 0 Å². The molecule has 0 aliphatic rings.